The van der Waals surface area contributed by atoms with Crippen LogP contribution in [0.2, 0.25) is 0 Å². The summed E-state index contributed by atoms with van der Waals surface area (Å²) >= 11 is 0. The van der Waals surface area contributed by atoms with Gasteiger partial charge in [-0.2, -0.15) is 0 Å². The van der Waals surface area contributed by atoms with Crippen LogP contribution >= 0.6 is 0 Å². The fourth-order valence-electron chi connectivity index (χ4n) is 9.16. The molecule has 1 aliphatic carbocycles. The topological polar surface area (TPSA) is 43.0 Å². The van der Waals surface area contributed by atoms with Gasteiger partial charge < -0.3 is 0 Å². The summed E-state index contributed by atoms with van der Waals surface area (Å²) in [5, 5.41) is 7.11. The van der Waals surface area contributed by atoms with Gasteiger partial charge in [-0.1, -0.05) is 172 Å². The number of hydrogen-bond donors (Lipinski definition) is 0. The average Bonchev–Trinajstić information content (AvgIpc) is 3.53. The Morgan fingerprint density at radius 1 is 0.356 bits per heavy atom. The van der Waals surface area contributed by atoms with Crippen molar-refractivity contribution in [2.75, 3.05) is 0 Å². The normalized spacial score (nSPS) is 12.7. The Kier molecular flexibility index (Phi) is 7.86. The lowest BCUT2D eigenvalue weighted by Gasteiger charge is -2.21. The molecule has 9 aromatic carbocycles. The molecule has 0 radical (unpaired) electrons. The molecule has 276 valence electrons. The predicted molar refractivity (Wildman–Crippen MR) is 243 cm³/mol. The summed E-state index contributed by atoms with van der Waals surface area (Å²) in [4.78, 5) is 19.1. The molecule has 59 heavy (non-hydrogen) atoms. The minimum Gasteiger partial charge on any atom is -0.238 e. The van der Waals surface area contributed by atoms with E-state index in [1.807, 2.05) is 30.3 Å². The Morgan fingerprint density at radius 2 is 0.847 bits per heavy atom. The molecule has 0 saturated heterocycles. The van der Waals surface area contributed by atoms with Crippen LogP contribution in [0.5, 0.6) is 0 Å². The first-order chi connectivity index (χ1) is 28.9. The van der Waals surface area contributed by atoms with E-state index in [1.165, 1.54) is 54.6 Å². The highest BCUT2D eigenvalue weighted by Crippen LogP contribution is 2.49. The Bertz CT molecular complexity index is 3360. The van der Waals surface area contributed by atoms with Gasteiger partial charge in [0.25, 0.3) is 0 Å². The molecule has 0 unspecified atom stereocenters. The predicted octanol–water partition coefficient (Wildman–Crippen LogP) is 14.5. The first-order valence-electron chi connectivity index (χ1n) is 20.0. The molecule has 10 aromatic rings. The van der Waals surface area contributed by atoms with Gasteiger partial charge in [-0.05, 0) is 101 Å². The van der Waals surface area contributed by atoms with Crippen molar-refractivity contribution in [3.8, 4) is 67.5 Å². The lowest BCUT2D eigenvalue weighted by molar-refractivity contribution is 0.660. The van der Waals surface area contributed by atoms with Gasteiger partial charge in [0.15, 0.2) is 23.2 Å². The summed E-state index contributed by atoms with van der Waals surface area (Å²) in [7, 11) is 0. The maximum Gasteiger partial charge on any atom is 0.187 e. The second-order valence-corrected chi connectivity index (χ2v) is 15.9. The third-order valence-corrected chi connectivity index (χ3v) is 12.1. The zero-order valence-electron chi connectivity index (χ0n) is 32.6. The van der Waals surface area contributed by atoms with Crippen LogP contribution in [0.3, 0.4) is 0 Å². The van der Waals surface area contributed by atoms with Gasteiger partial charge in [0.2, 0.25) is 0 Å². The van der Waals surface area contributed by atoms with Gasteiger partial charge in [0, 0.05) is 22.1 Å². The highest BCUT2D eigenvalue weighted by Gasteiger charge is 2.35. The second kappa shape index (κ2) is 13.4. The van der Waals surface area contributed by atoms with Crippen LogP contribution in [0.1, 0.15) is 25.0 Å². The Balaban J connectivity index is 1.08. The third-order valence-electron chi connectivity index (χ3n) is 12.1. The van der Waals surface area contributed by atoms with E-state index in [-0.39, 0.29) is 5.41 Å². The van der Waals surface area contributed by atoms with Gasteiger partial charge in [-0.25, -0.2) is 19.8 Å². The Hall–Kier alpha value is -7.74. The van der Waals surface area contributed by atoms with Crippen LogP contribution < -0.4 is 0 Å². The van der Waals surface area contributed by atoms with Crippen molar-refractivity contribution in [1.29, 1.82) is 0 Å². The molecule has 0 atom stereocenters. The van der Waals surface area contributed by atoms with Gasteiger partial charge in [0.05, 0.1) is 6.57 Å². The second-order valence-electron chi connectivity index (χ2n) is 15.9. The first-order valence-corrected chi connectivity index (χ1v) is 20.0. The van der Waals surface area contributed by atoms with E-state index >= 15 is 0 Å². The standard InChI is InChI=1S/C55H36N4/c1-55(2)50-23-12-11-22-44(50)45-29-26-38(31-51(45)55)54-58-52(35-14-5-4-6-15-35)57-53(59-54)37-17-13-16-36(30-37)47-33-49-42-20-9-7-18-40(42)46(34-24-27-39(56-3)28-25-34)32-48(49)43-21-10-8-19-41(43)47/h4-33H,1-2H3. The van der Waals surface area contributed by atoms with Crippen molar-refractivity contribution >= 4 is 38.0 Å². The number of benzene rings is 9. The number of hydrogen-bond acceptors (Lipinski definition) is 3. The molecule has 1 aromatic heterocycles. The van der Waals surface area contributed by atoms with E-state index < -0.39 is 0 Å². The number of aromatic nitrogens is 3. The third kappa shape index (κ3) is 5.62. The molecule has 0 N–H and O–H groups in total. The van der Waals surface area contributed by atoms with Crippen LogP contribution in [-0.4, -0.2) is 15.0 Å². The van der Waals surface area contributed by atoms with Crippen molar-refractivity contribution < 1.29 is 0 Å². The van der Waals surface area contributed by atoms with Crippen molar-refractivity contribution in [3.63, 3.8) is 0 Å². The fourth-order valence-corrected chi connectivity index (χ4v) is 9.16. The Labute approximate surface area is 343 Å². The lowest BCUT2D eigenvalue weighted by atomic mass is 9.82. The van der Waals surface area contributed by atoms with Crippen molar-refractivity contribution in [2.45, 2.75) is 19.3 Å². The van der Waals surface area contributed by atoms with Gasteiger partial charge in [-0.15, -0.1) is 0 Å². The van der Waals surface area contributed by atoms with E-state index in [0.717, 1.165) is 38.9 Å². The number of rotatable bonds is 5. The summed E-state index contributed by atoms with van der Waals surface area (Å²) in [6, 6.07) is 64.1. The number of fused-ring (bicyclic) bond motifs is 8. The molecule has 1 aliphatic rings. The molecule has 0 spiro atoms. The van der Waals surface area contributed by atoms with Crippen molar-refractivity contribution in [3.05, 3.63) is 205 Å². The zero-order chi connectivity index (χ0) is 39.7. The molecule has 11 rings (SSSR count). The van der Waals surface area contributed by atoms with Crippen LogP contribution in [0.25, 0.3) is 105 Å². The average molecular weight is 753 g/mol. The zero-order valence-corrected chi connectivity index (χ0v) is 32.6. The summed E-state index contributed by atoms with van der Waals surface area (Å²) in [6.07, 6.45) is 0. The van der Waals surface area contributed by atoms with Crippen molar-refractivity contribution in [1.82, 2.24) is 15.0 Å². The van der Waals surface area contributed by atoms with Gasteiger partial charge in [0.1, 0.15) is 0 Å². The molecule has 0 saturated carbocycles. The quantitative estimate of drug-likeness (QED) is 0.130. The summed E-state index contributed by atoms with van der Waals surface area (Å²) < 4.78 is 0. The summed E-state index contributed by atoms with van der Waals surface area (Å²) in [6.45, 7) is 12.1. The van der Waals surface area contributed by atoms with Crippen LogP contribution in [0.4, 0.5) is 5.69 Å². The van der Waals surface area contributed by atoms with Gasteiger partial charge in [-0.3, -0.25) is 0 Å². The smallest absolute Gasteiger partial charge is 0.187 e. The molecule has 0 amide bonds. The fraction of sp³-hybridized carbons (Fsp3) is 0.0545. The minimum atomic E-state index is -0.144. The van der Waals surface area contributed by atoms with Gasteiger partial charge >= 0.3 is 0 Å². The largest absolute Gasteiger partial charge is 0.238 e. The summed E-state index contributed by atoms with van der Waals surface area (Å²) in [5.41, 5.74) is 13.0. The maximum atomic E-state index is 7.46. The molecule has 4 heteroatoms. The molecule has 0 bridgehead atoms. The molecule has 1 heterocycles. The Morgan fingerprint density at radius 3 is 1.51 bits per heavy atom. The minimum absolute atomic E-state index is 0.144. The van der Waals surface area contributed by atoms with E-state index in [1.54, 1.807) is 0 Å². The highest BCUT2D eigenvalue weighted by atomic mass is 15.0. The van der Waals surface area contributed by atoms with Crippen LogP contribution in [-0.2, 0) is 5.41 Å². The summed E-state index contributed by atoms with van der Waals surface area (Å²) in [5.74, 6) is 1.92. The molecule has 0 fully saturated rings. The first kappa shape index (κ1) is 34.5. The monoisotopic (exact) mass is 752 g/mol. The van der Waals surface area contributed by atoms with E-state index in [4.69, 9.17) is 21.5 Å². The maximum absolute atomic E-state index is 7.46. The van der Waals surface area contributed by atoms with E-state index in [2.05, 4.69) is 170 Å². The highest BCUT2D eigenvalue weighted by molar-refractivity contribution is 6.23. The molecular weight excluding hydrogens is 717 g/mol. The molecular formula is C55H36N4. The van der Waals surface area contributed by atoms with E-state index in [9.17, 15) is 0 Å². The molecule has 0 aliphatic heterocycles. The van der Waals surface area contributed by atoms with Crippen molar-refractivity contribution in [2.24, 2.45) is 0 Å². The SMILES string of the molecule is [C-]#[N+]c1ccc(-c2cc3c4ccccc4c(-c4cccc(-c5nc(-c6ccccc6)nc(-c6ccc7c(c6)C(C)(C)c6ccccc6-7)n5)c4)cc3c3ccccc23)cc1. The van der Waals surface area contributed by atoms with Crippen LogP contribution in [0, 0.1) is 6.57 Å². The molecule has 4 nitrogen and oxygen atoms in total. The number of nitrogens with zero attached hydrogens (tertiary/aromatic N) is 4. The lowest BCUT2D eigenvalue weighted by Crippen LogP contribution is -2.15. The van der Waals surface area contributed by atoms with Crippen LogP contribution in [0.15, 0.2) is 182 Å². The van der Waals surface area contributed by atoms with E-state index in [0.29, 0.717) is 23.2 Å².